The molecule has 2 aromatic rings. The van der Waals surface area contributed by atoms with Gasteiger partial charge < -0.3 is 4.74 Å². The molecule has 0 bridgehead atoms. The van der Waals surface area contributed by atoms with Crippen LogP contribution in [0.1, 0.15) is 18.3 Å². The van der Waals surface area contributed by atoms with Crippen molar-refractivity contribution in [3.8, 4) is 11.4 Å². The van der Waals surface area contributed by atoms with Crippen molar-refractivity contribution in [2.24, 2.45) is 0 Å². The molecule has 1 aromatic carbocycles. The van der Waals surface area contributed by atoms with Gasteiger partial charge in [-0.3, -0.25) is 0 Å². The molecular formula is C13H15BrN2O. The van der Waals surface area contributed by atoms with Crippen LogP contribution in [0.25, 0.3) is 5.69 Å². The largest absolute Gasteiger partial charge is 0.494 e. The SMILES string of the molecule is CCOc1ccc(-n2nc(C)c(Br)c2C)cc1. The predicted molar refractivity (Wildman–Crippen MR) is 71.9 cm³/mol. The van der Waals surface area contributed by atoms with Crippen LogP contribution in [-0.4, -0.2) is 16.4 Å². The van der Waals surface area contributed by atoms with Crippen LogP contribution in [-0.2, 0) is 0 Å². The molecule has 0 aliphatic heterocycles. The monoisotopic (exact) mass is 294 g/mol. The standard InChI is InChI=1S/C13H15BrN2O/c1-4-17-12-7-5-11(6-8-12)16-10(3)13(14)9(2)15-16/h5-8H,4H2,1-3H3. The van der Waals surface area contributed by atoms with E-state index in [1.807, 2.05) is 49.7 Å². The number of halogens is 1. The fraction of sp³-hybridized carbons (Fsp3) is 0.308. The zero-order valence-corrected chi connectivity index (χ0v) is 11.8. The third kappa shape index (κ3) is 2.36. The number of aryl methyl sites for hydroxylation is 1. The van der Waals surface area contributed by atoms with Gasteiger partial charge in [0, 0.05) is 0 Å². The normalized spacial score (nSPS) is 10.6. The third-order valence-electron chi connectivity index (χ3n) is 2.60. The second-order valence-electron chi connectivity index (χ2n) is 3.82. The first-order valence-corrected chi connectivity index (χ1v) is 6.37. The number of hydrogen-bond acceptors (Lipinski definition) is 2. The fourth-order valence-corrected chi connectivity index (χ4v) is 1.97. The van der Waals surface area contributed by atoms with Crippen LogP contribution in [0.15, 0.2) is 28.7 Å². The summed E-state index contributed by atoms with van der Waals surface area (Å²) in [5.41, 5.74) is 3.14. The molecule has 0 amide bonds. The molecule has 0 aliphatic carbocycles. The zero-order chi connectivity index (χ0) is 12.4. The van der Waals surface area contributed by atoms with Gasteiger partial charge in [-0.25, -0.2) is 4.68 Å². The van der Waals surface area contributed by atoms with E-state index in [-0.39, 0.29) is 0 Å². The lowest BCUT2D eigenvalue weighted by Gasteiger charge is -2.06. The van der Waals surface area contributed by atoms with Crippen LogP contribution in [0.4, 0.5) is 0 Å². The summed E-state index contributed by atoms with van der Waals surface area (Å²) in [5, 5.41) is 4.48. The minimum Gasteiger partial charge on any atom is -0.494 e. The number of nitrogens with zero attached hydrogens (tertiary/aromatic N) is 2. The Bertz CT molecular complexity index is 517. The van der Waals surface area contributed by atoms with Crippen molar-refractivity contribution >= 4 is 15.9 Å². The van der Waals surface area contributed by atoms with Crippen molar-refractivity contribution in [1.29, 1.82) is 0 Å². The Morgan fingerprint density at radius 2 is 1.88 bits per heavy atom. The average molecular weight is 295 g/mol. The molecule has 0 aliphatic rings. The number of hydrogen-bond donors (Lipinski definition) is 0. The third-order valence-corrected chi connectivity index (χ3v) is 3.74. The van der Waals surface area contributed by atoms with Gasteiger partial charge in [-0.2, -0.15) is 5.10 Å². The van der Waals surface area contributed by atoms with E-state index in [0.29, 0.717) is 6.61 Å². The van der Waals surface area contributed by atoms with Crippen LogP contribution in [0.5, 0.6) is 5.75 Å². The maximum Gasteiger partial charge on any atom is 0.119 e. The molecule has 0 saturated carbocycles. The Labute approximate surface area is 110 Å². The molecule has 0 radical (unpaired) electrons. The first-order chi connectivity index (χ1) is 8.13. The van der Waals surface area contributed by atoms with E-state index < -0.39 is 0 Å². The number of ether oxygens (including phenoxy) is 1. The van der Waals surface area contributed by atoms with Crippen LogP contribution in [0, 0.1) is 13.8 Å². The molecule has 4 heteroatoms. The van der Waals surface area contributed by atoms with Crippen LogP contribution < -0.4 is 4.74 Å². The molecule has 17 heavy (non-hydrogen) atoms. The molecule has 0 spiro atoms. The highest BCUT2D eigenvalue weighted by Gasteiger charge is 2.09. The summed E-state index contributed by atoms with van der Waals surface area (Å²) in [7, 11) is 0. The van der Waals surface area contributed by atoms with Crippen molar-refractivity contribution in [2.45, 2.75) is 20.8 Å². The van der Waals surface area contributed by atoms with Crippen LogP contribution >= 0.6 is 15.9 Å². The summed E-state index contributed by atoms with van der Waals surface area (Å²) in [4.78, 5) is 0. The van der Waals surface area contributed by atoms with Gasteiger partial charge in [-0.05, 0) is 61.0 Å². The van der Waals surface area contributed by atoms with Crippen molar-refractivity contribution in [3.05, 3.63) is 40.1 Å². The first-order valence-electron chi connectivity index (χ1n) is 5.58. The van der Waals surface area contributed by atoms with Crippen molar-refractivity contribution in [2.75, 3.05) is 6.61 Å². The average Bonchev–Trinajstić information content (AvgIpc) is 2.59. The highest BCUT2D eigenvalue weighted by molar-refractivity contribution is 9.10. The smallest absolute Gasteiger partial charge is 0.119 e. The molecule has 0 fully saturated rings. The Hall–Kier alpha value is -1.29. The summed E-state index contributed by atoms with van der Waals surface area (Å²) in [6, 6.07) is 7.94. The number of rotatable bonds is 3. The fourth-order valence-electron chi connectivity index (χ4n) is 1.73. The van der Waals surface area contributed by atoms with Crippen molar-refractivity contribution in [1.82, 2.24) is 9.78 Å². The topological polar surface area (TPSA) is 27.1 Å². The summed E-state index contributed by atoms with van der Waals surface area (Å²) in [6.45, 7) is 6.69. The van der Waals surface area contributed by atoms with Gasteiger partial charge in [0.15, 0.2) is 0 Å². The lowest BCUT2D eigenvalue weighted by Crippen LogP contribution is -1.99. The van der Waals surface area contributed by atoms with Gasteiger partial charge >= 0.3 is 0 Å². The molecule has 1 aromatic heterocycles. The lowest BCUT2D eigenvalue weighted by atomic mass is 10.3. The molecule has 3 nitrogen and oxygen atoms in total. The molecular weight excluding hydrogens is 280 g/mol. The predicted octanol–water partition coefficient (Wildman–Crippen LogP) is 3.65. The second-order valence-corrected chi connectivity index (χ2v) is 4.62. The van der Waals surface area contributed by atoms with Gasteiger partial charge in [-0.1, -0.05) is 0 Å². The summed E-state index contributed by atoms with van der Waals surface area (Å²) >= 11 is 3.53. The maximum absolute atomic E-state index is 5.42. The molecule has 0 unspecified atom stereocenters. The molecule has 0 atom stereocenters. The highest BCUT2D eigenvalue weighted by Crippen LogP contribution is 2.23. The first kappa shape index (κ1) is 12.2. The Morgan fingerprint density at radius 1 is 1.24 bits per heavy atom. The minimum atomic E-state index is 0.685. The Kier molecular flexibility index (Phi) is 3.52. The second kappa shape index (κ2) is 4.92. The molecule has 90 valence electrons. The highest BCUT2D eigenvalue weighted by atomic mass is 79.9. The molecule has 2 rings (SSSR count). The van der Waals surface area contributed by atoms with E-state index in [9.17, 15) is 0 Å². The summed E-state index contributed by atoms with van der Waals surface area (Å²) < 4.78 is 8.40. The van der Waals surface area contributed by atoms with E-state index in [1.54, 1.807) is 0 Å². The van der Waals surface area contributed by atoms with E-state index in [4.69, 9.17) is 4.74 Å². The van der Waals surface area contributed by atoms with E-state index in [0.717, 1.165) is 27.3 Å². The van der Waals surface area contributed by atoms with Gasteiger partial charge in [0.05, 0.1) is 28.2 Å². The minimum absolute atomic E-state index is 0.685. The van der Waals surface area contributed by atoms with Gasteiger partial charge in [-0.15, -0.1) is 0 Å². The van der Waals surface area contributed by atoms with E-state index in [1.165, 1.54) is 0 Å². The van der Waals surface area contributed by atoms with E-state index in [2.05, 4.69) is 21.0 Å². The number of benzene rings is 1. The summed E-state index contributed by atoms with van der Waals surface area (Å²) in [6.07, 6.45) is 0. The van der Waals surface area contributed by atoms with E-state index >= 15 is 0 Å². The van der Waals surface area contributed by atoms with Gasteiger partial charge in [0.1, 0.15) is 5.75 Å². The summed E-state index contributed by atoms with van der Waals surface area (Å²) in [5.74, 6) is 0.886. The molecule has 1 heterocycles. The van der Waals surface area contributed by atoms with Crippen molar-refractivity contribution < 1.29 is 4.74 Å². The Balaban J connectivity index is 2.36. The molecule has 0 N–H and O–H groups in total. The van der Waals surface area contributed by atoms with Crippen LogP contribution in [0.2, 0.25) is 0 Å². The zero-order valence-electron chi connectivity index (χ0n) is 10.2. The molecule has 0 saturated heterocycles. The number of aromatic nitrogens is 2. The Morgan fingerprint density at radius 3 is 2.35 bits per heavy atom. The van der Waals surface area contributed by atoms with Crippen molar-refractivity contribution in [3.63, 3.8) is 0 Å². The van der Waals surface area contributed by atoms with Gasteiger partial charge in [0.2, 0.25) is 0 Å². The maximum atomic E-state index is 5.42. The van der Waals surface area contributed by atoms with Crippen LogP contribution in [0.3, 0.4) is 0 Å². The lowest BCUT2D eigenvalue weighted by molar-refractivity contribution is 0.340. The van der Waals surface area contributed by atoms with Gasteiger partial charge in [0.25, 0.3) is 0 Å². The quantitative estimate of drug-likeness (QED) is 0.864.